The van der Waals surface area contributed by atoms with Gasteiger partial charge in [0, 0.05) is 23.8 Å². The number of rotatable bonds is 6. The highest BCUT2D eigenvalue weighted by Crippen LogP contribution is 2.20. The van der Waals surface area contributed by atoms with Gasteiger partial charge in [-0.1, -0.05) is 11.6 Å². The van der Waals surface area contributed by atoms with Crippen molar-refractivity contribution in [1.82, 2.24) is 4.72 Å². The van der Waals surface area contributed by atoms with E-state index in [2.05, 4.69) is 10.0 Å². The Labute approximate surface area is 110 Å². The number of nitrogens with one attached hydrogen (secondary N) is 2. The highest BCUT2D eigenvalue weighted by Gasteiger charge is 2.10. The molecule has 1 aromatic rings. The molecule has 0 amide bonds. The Morgan fingerprint density at radius 2 is 2.06 bits per heavy atom. The summed E-state index contributed by atoms with van der Waals surface area (Å²) >= 11 is 5.70. The summed E-state index contributed by atoms with van der Waals surface area (Å²) in [5, 5.41) is 12.1. The molecule has 3 N–H and O–H groups in total. The summed E-state index contributed by atoms with van der Waals surface area (Å²) in [5.41, 5.74) is 0.434. The second-order valence-corrected chi connectivity index (χ2v) is 5.86. The number of carboxylic acid groups (broad SMARTS) is 1. The van der Waals surface area contributed by atoms with Gasteiger partial charge in [0.15, 0.2) is 0 Å². The maximum Gasteiger partial charge on any atom is 0.337 e. The number of benzene rings is 1. The van der Waals surface area contributed by atoms with Gasteiger partial charge in [0.1, 0.15) is 0 Å². The summed E-state index contributed by atoms with van der Waals surface area (Å²) in [6, 6.07) is 4.42. The molecule has 0 aromatic heterocycles. The highest BCUT2D eigenvalue weighted by molar-refractivity contribution is 7.88. The first-order valence-electron chi connectivity index (χ1n) is 5.01. The zero-order valence-electron chi connectivity index (χ0n) is 9.60. The third kappa shape index (κ3) is 4.91. The van der Waals surface area contributed by atoms with Crippen LogP contribution in [0.3, 0.4) is 0 Å². The molecule has 1 aromatic carbocycles. The van der Waals surface area contributed by atoms with Crippen molar-refractivity contribution in [1.29, 1.82) is 0 Å². The predicted octanol–water partition coefficient (Wildman–Crippen LogP) is 0.999. The summed E-state index contributed by atoms with van der Waals surface area (Å²) in [6.07, 6.45) is 1.05. The SMILES string of the molecule is CS(=O)(=O)NCCNc1ccc(Cl)cc1C(=O)O. The zero-order valence-corrected chi connectivity index (χ0v) is 11.2. The molecule has 0 aliphatic rings. The Balaban J connectivity index is 2.65. The number of hydrogen-bond acceptors (Lipinski definition) is 4. The van der Waals surface area contributed by atoms with Gasteiger partial charge in [-0.15, -0.1) is 0 Å². The van der Waals surface area contributed by atoms with E-state index in [1.54, 1.807) is 6.07 Å². The molecule has 0 aliphatic heterocycles. The number of sulfonamides is 1. The molecule has 0 saturated carbocycles. The van der Waals surface area contributed by atoms with Gasteiger partial charge in [-0.2, -0.15) is 0 Å². The molecule has 18 heavy (non-hydrogen) atoms. The molecular weight excluding hydrogens is 280 g/mol. The maximum atomic E-state index is 11.0. The van der Waals surface area contributed by atoms with Gasteiger partial charge < -0.3 is 10.4 Å². The topological polar surface area (TPSA) is 95.5 Å². The van der Waals surface area contributed by atoms with Crippen LogP contribution in [0.4, 0.5) is 5.69 Å². The third-order valence-corrected chi connectivity index (χ3v) is 2.98. The molecule has 0 unspecified atom stereocenters. The average Bonchev–Trinajstić information content (AvgIpc) is 2.24. The third-order valence-electron chi connectivity index (χ3n) is 2.02. The van der Waals surface area contributed by atoms with E-state index in [1.807, 2.05) is 0 Å². The molecule has 6 nitrogen and oxygen atoms in total. The summed E-state index contributed by atoms with van der Waals surface area (Å²) in [6.45, 7) is 0.440. The predicted molar refractivity (Wildman–Crippen MR) is 69.7 cm³/mol. The van der Waals surface area contributed by atoms with Crippen LogP contribution in [0.25, 0.3) is 0 Å². The lowest BCUT2D eigenvalue weighted by atomic mass is 10.2. The molecule has 0 saturated heterocycles. The van der Waals surface area contributed by atoms with Gasteiger partial charge in [0.25, 0.3) is 0 Å². The van der Waals surface area contributed by atoms with Gasteiger partial charge in [-0.3, -0.25) is 0 Å². The van der Waals surface area contributed by atoms with Crippen molar-refractivity contribution in [3.05, 3.63) is 28.8 Å². The lowest BCUT2D eigenvalue weighted by molar-refractivity contribution is 0.0698. The fourth-order valence-electron chi connectivity index (χ4n) is 1.28. The van der Waals surface area contributed by atoms with Crippen molar-refractivity contribution in [2.75, 3.05) is 24.7 Å². The number of carboxylic acids is 1. The first-order chi connectivity index (χ1) is 8.29. The maximum absolute atomic E-state index is 11.0. The van der Waals surface area contributed by atoms with Gasteiger partial charge in [-0.05, 0) is 18.2 Å². The smallest absolute Gasteiger partial charge is 0.337 e. The second kappa shape index (κ2) is 6.03. The number of aromatic carboxylic acids is 1. The molecule has 0 aliphatic carbocycles. The Hall–Kier alpha value is -1.31. The van der Waals surface area contributed by atoms with Crippen molar-refractivity contribution < 1.29 is 18.3 Å². The normalized spacial score (nSPS) is 11.2. The Morgan fingerprint density at radius 3 is 2.61 bits per heavy atom. The van der Waals surface area contributed by atoms with Gasteiger partial charge in [0.2, 0.25) is 10.0 Å². The fraction of sp³-hybridized carbons (Fsp3) is 0.300. The van der Waals surface area contributed by atoms with Crippen molar-refractivity contribution in [2.24, 2.45) is 0 Å². The molecule has 0 spiro atoms. The minimum absolute atomic E-state index is 0.0434. The number of anilines is 1. The van der Waals surface area contributed by atoms with E-state index in [9.17, 15) is 13.2 Å². The van der Waals surface area contributed by atoms with Crippen LogP contribution in [0.5, 0.6) is 0 Å². The molecule has 1 rings (SSSR count). The summed E-state index contributed by atoms with van der Waals surface area (Å²) in [5.74, 6) is -1.10. The van der Waals surface area contributed by atoms with Crippen molar-refractivity contribution >= 4 is 33.3 Å². The van der Waals surface area contributed by atoms with Crippen LogP contribution in [0.1, 0.15) is 10.4 Å². The highest BCUT2D eigenvalue weighted by atomic mass is 35.5. The van der Waals surface area contributed by atoms with Crippen LogP contribution >= 0.6 is 11.6 Å². The molecule has 0 heterocycles. The molecule has 100 valence electrons. The molecule has 0 atom stereocenters. The van der Waals surface area contributed by atoms with E-state index in [4.69, 9.17) is 16.7 Å². The van der Waals surface area contributed by atoms with Crippen LogP contribution in [-0.4, -0.2) is 38.8 Å². The summed E-state index contributed by atoms with van der Waals surface area (Å²) in [4.78, 5) is 11.0. The summed E-state index contributed by atoms with van der Waals surface area (Å²) in [7, 11) is -3.24. The Bertz CT molecular complexity index is 545. The minimum atomic E-state index is -3.24. The Kier molecular flexibility index (Phi) is 4.94. The van der Waals surface area contributed by atoms with Crippen molar-refractivity contribution in [2.45, 2.75) is 0 Å². The fourth-order valence-corrected chi connectivity index (χ4v) is 1.93. The molecule has 0 bridgehead atoms. The quantitative estimate of drug-likeness (QED) is 0.680. The largest absolute Gasteiger partial charge is 0.478 e. The van der Waals surface area contributed by atoms with Gasteiger partial charge in [0.05, 0.1) is 11.8 Å². The van der Waals surface area contributed by atoms with Gasteiger partial charge in [-0.25, -0.2) is 17.9 Å². The lowest BCUT2D eigenvalue weighted by Crippen LogP contribution is -2.27. The number of hydrogen-bond donors (Lipinski definition) is 3. The number of carbonyl (C=O) groups is 1. The summed E-state index contributed by atoms with van der Waals surface area (Å²) < 4.78 is 23.9. The van der Waals surface area contributed by atoms with Crippen LogP contribution in [0.2, 0.25) is 5.02 Å². The van der Waals surface area contributed by atoms with Gasteiger partial charge >= 0.3 is 5.97 Å². The first-order valence-corrected chi connectivity index (χ1v) is 7.28. The standard InChI is InChI=1S/C10H13ClN2O4S/c1-18(16,17)13-5-4-12-9-3-2-7(11)6-8(9)10(14)15/h2-3,6,12-13H,4-5H2,1H3,(H,14,15). The van der Waals surface area contributed by atoms with Crippen LogP contribution in [0.15, 0.2) is 18.2 Å². The molecular formula is C10H13ClN2O4S. The lowest BCUT2D eigenvalue weighted by Gasteiger charge is -2.10. The van der Waals surface area contributed by atoms with Crippen molar-refractivity contribution in [3.8, 4) is 0 Å². The molecule has 0 fully saturated rings. The van der Waals surface area contributed by atoms with E-state index >= 15 is 0 Å². The van der Waals surface area contributed by atoms with Crippen molar-refractivity contribution in [3.63, 3.8) is 0 Å². The number of halogens is 1. The molecule has 8 heteroatoms. The van der Waals surface area contributed by atoms with E-state index in [-0.39, 0.29) is 18.7 Å². The first kappa shape index (κ1) is 14.7. The van der Waals surface area contributed by atoms with Crippen LogP contribution in [0, 0.1) is 0 Å². The monoisotopic (exact) mass is 292 g/mol. The molecule has 0 radical (unpaired) electrons. The van der Waals surface area contributed by atoms with Crippen LogP contribution < -0.4 is 10.0 Å². The van der Waals surface area contributed by atoms with Crippen LogP contribution in [-0.2, 0) is 10.0 Å². The minimum Gasteiger partial charge on any atom is -0.478 e. The van der Waals surface area contributed by atoms with E-state index in [0.717, 1.165) is 6.26 Å². The zero-order chi connectivity index (χ0) is 13.8. The van der Waals surface area contributed by atoms with E-state index in [0.29, 0.717) is 10.7 Å². The van der Waals surface area contributed by atoms with E-state index in [1.165, 1.54) is 12.1 Å². The average molecular weight is 293 g/mol. The second-order valence-electron chi connectivity index (χ2n) is 3.59. The van der Waals surface area contributed by atoms with E-state index < -0.39 is 16.0 Å². The Morgan fingerprint density at radius 1 is 1.39 bits per heavy atom.